The normalized spacial score (nSPS) is 24.2. The van der Waals surface area contributed by atoms with Gasteiger partial charge in [-0.1, -0.05) is 51.4 Å². The number of carbonyl (C=O) groups excluding carboxylic acids is 1. The lowest BCUT2D eigenvalue weighted by Crippen LogP contribution is -2.57. The zero-order valence-electron chi connectivity index (χ0n) is 18.4. The number of nitrogens with one attached hydrogen (secondary N) is 1. The Hall–Kier alpha value is -2.01. The fraction of sp³-hybridized carbons (Fsp3) is 0.583. The summed E-state index contributed by atoms with van der Waals surface area (Å²) in [5.74, 6) is -0.613. The zero-order valence-corrected chi connectivity index (χ0v) is 19.2. The van der Waals surface area contributed by atoms with Crippen molar-refractivity contribution in [1.29, 1.82) is 0 Å². The Bertz CT molecular complexity index is 858. The highest BCUT2D eigenvalue weighted by Crippen LogP contribution is 2.47. The van der Waals surface area contributed by atoms with Gasteiger partial charge in [0, 0.05) is 17.8 Å². The van der Waals surface area contributed by atoms with Gasteiger partial charge in [0.1, 0.15) is 0 Å². The molecule has 6 heteroatoms. The minimum absolute atomic E-state index is 0.0765. The average Bonchev–Trinajstić information content (AvgIpc) is 2.65. The number of carboxylic acids is 1. The van der Waals surface area contributed by atoms with Crippen LogP contribution in [0.4, 0.5) is 4.79 Å². The summed E-state index contributed by atoms with van der Waals surface area (Å²) in [5, 5.41) is 13.0. The Balaban J connectivity index is 1.94. The molecule has 2 amide bonds. The molecule has 0 radical (unpaired) electrons. The third kappa shape index (κ3) is 4.83. The number of aliphatic carboxylic acids is 1. The molecule has 2 unspecified atom stereocenters. The average molecular weight is 433 g/mol. The molecule has 1 aromatic carbocycles. The van der Waals surface area contributed by atoms with E-state index in [0.29, 0.717) is 5.92 Å². The molecule has 0 bridgehead atoms. The van der Waals surface area contributed by atoms with Crippen LogP contribution < -0.4 is 5.32 Å². The van der Waals surface area contributed by atoms with Crippen LogP contribution in [0, 0.1) is 11.3 Å². The molecule has 1 heterocycles. The van der Waals surface area contributed by atoms with Crippen molar-refractivity contribution >= 4 is 23.6 Å². The van der Waals surface area contributed by atoms with E-state index in [9.17, 15) is 9.59 Å². The van der Waals surface area contributed by atoms with Crippen molar-refractivity contribution in [2.24, 2.45) is 11.3 Å². The fourth-order valence-corrected chi connectivity index (χ4v) is 4.81. The quantitative estimate of drug-likeness (QED) is 0.604. The predicted octanol–water partition coefficient (Wildman–Crippen LogP) is 5.72. The highest BCUT2D eigenvalue weighted by atomic mass is 35.5. The van der Waals surface area contributed by atoms with Crippen LogP contribution in [-0.4, -0.2) is 28.6 Å². The summed E-state index contributed by atoms with van der Waals surface area (Å²) >= 11 is 6.68. The largest absolute Gasteiger partial charge is 0.481 e. The molecule has 1 aliphatic heterocycles. The van der Waals surface area contributed by atoms with Crippen molar-refractivity contribution in [3.05, 3.63) is 46.1 Å². The number of fused-ring (bicyclic) bond motifs is 1. The SMILES string of the molecule is CC1CCCC2(c3ccc(CCC(C)(C)C)c(Cl)c3)NC(=O)N(CCC(=O)O)C=C12. The van der Waals surface area contributed by atoms with Crippen LogP contribution in [0.1, 0.15) is 70.9 Å². The predicted molar refractivity (Wildman–Crippen MR) is 119 cm³/mol. The van der Waals surface area contributed by atoms with Crippen LogP contribution in [-0.2, 0) is 16.8 Å². The van der Waals surface area contributed by atoms with Gasteiger partial charge in [-0.3, -0.25) is 4.79 Å². The number of aryl methyl sites for hydroxylation is 1. The first-order valence-corrected chi connectivity index (χ1v) is 11.2. The second kappa shape index (κ2) is 8.62. The van der Waals surface area contributed by atoms with Gasteiger partial charge in [0.25, 0.3) is 0 Å². The van der Waals surface area contributed by atoms with E-state index in [0.717, 1.165) is 53.8 Å². The van der Waals surface area contributed by atoms with Crippen LogP contribution in [0.5, 0.6) is 0 Å². The molecule has 5 nitrogen and oxygen atoms in total. The van der Waals surface area contributed by atoms with Crippen molar-refractivity contribution in [2.45, 2.75) is 71.8 Å². The number of urea groups is 1. The van der Waals surface area contributed by atoms with E-state index in [1.54, 1.807) is 0 Å². The van der Waals surface area contributed by atoms with Crippen molar-refractivity contribution < 1.29 is 14.7 Å². The van der Waals surface area contributed by atoms with Crippen LogP contribution >= 0.6 is 11.6 Å². The molecular weight excluding hydrogens is 400 g/mol. The summed E-state index contributed by atoms with van der Waals surface area (Å²) in [4.78, 5) is 25.3. The first-order chi connectivity index (χ1) is 14.0. The number of amides is 2. The lowest BCUT2D eigenvalue weighted by atomic mass is 9.68. The third-order valence-electron chi connectivity index (χ3n) is 6.35. The second-order valence-electron chi connectivity index (χ2n) is 9.92. The number of rotatable bonds is 6. The summed E-state index contributed by atoms with van der Waals surface area (Å²) < 4.78 is 0. The first kappa shape index (κ1) is 22.7. The van der Waals surface area contributed by atoms with E-state index in [-0.39, 0.29) is 24.4 Å². The molecule has 0 saturated heterocycles. The molecule has 0 aromatic heterocycles. The van der Waals surface area contributed by atoms with Gasteiger partial charge in [0.15, 0.2) is 0 Å². The smallest absolute Gasteiger partial charge is 0.322 e. The lowest BCUT2D eigenvalue weighted by Gasteiger charge is -2.48. The maximum Gasteiger partial charge on any atom is 0.322 e. The van der Waals surface area contributed by atoms with Gasteiger partial charge in [-0.15, -0.1) is 0 Å². The summed E-state index contributed by atoms with van der Waals surface area (Å²) in [7, 11) is 0. The highest BCUT2D eigenvalue weighted by molar-refractivity contribution is 6.31. The van der Waals surface area contributed by atoms with Crippen LogP contribution in [0.2, 0.25) is 5.02 Å². The number of hydrogen-bond acceptors (Lipinski definition) is 2. The van der Waals surface area contributed by atoms with Crippen LogP contribution in [0.15, 0.2) is 30.0 Å². The lowest BCUT2D eigenvalue weighted by molar-refractivity contribution is -0.137. The zero-order chi connectivity index (χ0) is 22.1. The summed E-state index contributed by atoms with van der Waals surface area (Å²) in [6, 6.07) is 5.96. The second-order valence-corrected chi connectivity index (χ2v) is 10.3. The third-order valence-corrected chi connectivity index (χ3v) is 6.70. The van der Waals surface area contributed by atoms with Crippen molar-refractivity contribution in [3.63, 3.8) is 0 Å². The van der Waals surface area contributed by atoms with Crippen molar-refractivity contribution in [2.75, 3.05) is 6.54 Å². The highest BCUT2D eigenvalue weighted by Gasteiger charge is 2.46. The minimum atomic E-state index is -0.910. The van der Waals surface area contributed by atoms with E-state index in [4.69, 9.17) is 16.7 Å². The van der Waals surface area contributed by atoms with Gasteiger partial charge in [-0.05, 0) is 66.2 Å². The summed E-state index contributed by atoms with van der Waals surface area (Å²) in [5.41, 5.74) is 2.95. The molecule has 1 saturated carbocycles. The monoisotopic (exact) mass is 432 g/mol. The topological polar surface area (TPSA) is 69.6 Å². The molecular formula is C24H33ClN2O3. The molecule has 30 heavy (non-hydrogen) atoms. The standard InChI is InChI=1S/C24H33ClN2O3/c1-16-6-5-11-24(19(16)15-27(22(30)26-24)13-10-21(28)29)18-8-7-17(20(25)14-18)9-12-23(2,3)4/h7-8,14-16H,5-6,9-13H2,1-4H3,(H,26,30)(H,28,29). The number of hydrogen-bond donors (Lipinski definition) is 2. The van der Waals surface area contributed by atoms with Gasteiger partial charge in [-0.25, -0.2) is 4.79 Å². The molecule has 1 aromatic rings. The van der Waals surface area contributed by atoms with Gasteiger partial charge < -0.3 is 15.3 Å². The summed E-state index contributed by atoms with van der Waals surface area (Å²) in [6.07, 6.45) is 6.66. The van der Waals surface area contributed by atoms with Gasteiger partial charge in [0.05, 0.1) is 12.0 Å². The molecule has 3 rings (SSSR count). The molecule has 1 aliphatic carbocycles. The van der Waals surface area contributed by atoms with Gasteiger partial charge in [0.2, 0.25) is 0 Å². The minimum Gasteiger partial charge on any atom is -0.481 e. The molecule has 2 atom stereocenters. The van der Waals surface area contributed by atoms with Gasteiger partial charge >= 0.3 is 12.0 Å². The Kier molecular flexibility index (Phi) is 6.51. The maximum absolute atomic E-state index is 12.9. The number of halogens is 1. The summed E-state index contributed by atoms with van der Waals surface area (Å²) in [6.45, 7) is 9.01. The maximum atomic E-state index is 12.9. The van der Waals surface area contributed by atoms with Gasteiger partial charge in [-0.2, -0.15) is 0 Å². The molecule has 0 spiro atoms. The van der Waals surface area contributed by atoms with E-state index in [1.165, 1.54) is 4.90 Å². The van der Waals surface area contributed by atoms with E-state index >= 15 is 0 Å². The van der Waals surface area contributed by atoms with E-state index in [1.807, 2.05) is 12.3 Å². The number of nitrogens with zero attached hydrogens (tertiary/aromatic N) is 1. The number of carboxylic acid groups (broad SMARTS) is 1. The van der Waals surface area contributed by atoms with Crippen molar-refractivity contribution in [1.82, 2.24) is 10.2 Å². The first-order valence-electron chi connectivity index (χ1n) is 10.8. The Morgan fingerprint density at radius 3 is 2.73 bits per heavy atom. The van der Waals surface area contributed by atoms with Crippen molar-refractivity contribution in [3.8, 4) is 0 Å². The Morgan fingerprint density at radius 1 is 1.37 bits per heavy atom. The molecule has 1 fully saturated rings. The Labute approximate surface area is 184 Å². The number of carbonyl (C=O) groups is 2. The van der Waals surface area contributed by atoms with Crippen LogP contribution in [0.3, 0.4) is 0 Å². The molecule has 164 valence electrons. The fourth-order valence-electron chi connectivity index (χ4n) is 4.54. The van der Waals surface area contributed by atoms with E-state index < -0.39 is 11.5 Å². The number of benzene rings is 1. The molecule has 2 N–H and O–H groups in total. The van der Waals surface area contributed by atoms with Crippen LogP contribution in [0.25, 0.3) is 0 Å². The Morgan fingerprint density at radius 2 is 2.10 bits per heavy atom. The molecule has 2 aliphatic rings. The van der Waals surface area contributed by atoms with E-state index in [2.05, 4.69) is 45.1 Å².